The smallest absolute Gasteiger partial charge is 0.152 e. The van der Waals surface area contributed by atoms with Gasteiger partial charge in [-0.05, 0) is 24.3 Å². The summed E-state index contributed by atoms with van der Waals surface area (Å²) in [6.45, 7) is 2.04. The van der Waals surface area contributed by atoms with Crippen LogP contribution in [0.25, 0.3) is 0 Å². The third-order valence-corrected chi connectivity index (χ3v) is 2.21. The summed E-state index contributed by atoms with van der Waals surface area (Å²) < 4.78 is 0. The van der Waals surface area contributed by atoms with Crippen molar-refractivity contribution in [3.05, 3.63) is 41.2 Å². The lowest BCUT2D eigenvalue weighted by molar-refractivity contribution is 0.185. The first-order chi connectivity index (χ1) is 6.79. The largest absolute Gasteiger partial charge is 0.362 e. The average molecular weight is 211 g/mol. The molecule has 0 amide bonds. The van der Waals surface area contributed by atoms with E-state index >= 15 is 0 Å². The first-order valence-corrected chi connectivity index (χ1v) is 4.86. The highest BCUT2D eigenvalue weighted by Gasteiger charge is 2.13. The van der Waals surface area contributed by atoms with E-state index in [1.165, 1.54) is 0 Å². The number of hydrogen-bond acceptors (Lipinski definition) is 3. The summed E-state index contributed by atoms with van der Waals surface area (Å²) in [5.41, 5.74) is 3.92. The lowest BCUT2D eigenvalue weighted by atomic mass is 10.3. The fourth-order valence-corrected chi connectivity index (χ4v) is 1.30. The fourth-order valence-electron chi connectivity index (χ4n) is 1.17. The van der Waals surface area contributed by atoms with E-state index in [4.69, 9.17) is 16.4 Å². The highest BCUT2D eigenvalue weighted by Crippen LogP contribution is 2.21. The van der Waals surface area contributed by atoms with Crippen LogP contribution in [0.4, 0.5) is 5.69 Å². The molecule has 0 atom stereocenters. The maximum Gasteiger partial charge on any atom is 0.152 e. The molecule has 14 heavy (non-hydrogen) atoms. The fraction of sp³-hybridized carbons (Fsp3) is 0.200. The highest BCUT2D eigenvalue weighted by atomic mass is 35.5. The van der Waals surface area contributed by atoms with E-state index in [1.54, 1.807) is 5.17 Å². The number of nitrogens with zero attached hydrogens (tertiary/aromatic N) is 1. The molecule has 0 unspecified atom stereocenters. The third-order valence-electron chi connectivity index (χ3n) is 1.96. The Labute approximate surface area is 87.8 Å². The Hall–Kier alpha value is -1.35. The zero-order chi connectivity index (χ0) is 9.97. The maximum atomic E-state index is 5.78. The predicted octanol–water partition coefficient (Wildman–Crippen LogP) is 2.85. The van der Waals surface area contributed by atoms with Gasteiger partial charge in [0, 0.05) is 11.4 Å². The van der Waals surface area contributed by atoms with Crippen molar-refractivity contribution >= 4 is 17.3 Å². The number of allylic oxidation sites excluding steroid dienone is 1. The van der Waals surface area contributed by atoms with Gasteiger partial charge in [0.2, 0.25) is 0 Å². The molecule has 0 saturated carbocycles. The molecule has 1 N–H and O–H groups in total. The van der Waals surface area contributed by atoms with Crippen molar-refractivity contribution in [1.82, 2.24) is 5.43 Å². The van der Waals surface area contributed by atoms with Crippen LogP contribution < -0.4 is 10.6 Å². The number of halogens is 1. The van der Waals surface area contributed by atoms with Crippen LogP contribution in [0.2, 0.25) is 5.02 Å². The Balaban J connectivity index is 2.08. The Bertz CT molecular complexity index is 348. The van der Waals surface area contributed by atoms with Crippen LogP contribution in [-0.4, -0.2) is 0 Å². The topological polar surface area (TPSA) is 24.5 Å². The Morgan fingerprint density at radius 3 is 2.64 bits per heavy atom. The van der Waals surface area contributed by atoms with Crippen molar-refractivity contribution in [2.24, 2.45) is 0 Å². The molecule has 1 aliphatic rings. The van der Waals surface area contributed by atoms with Gasteiger partial charge < -0.3 is 4.84 Å². The molecule has 1 aliphatic heterocycles. The Morgan fingerprint density at radius 2 is 2.07 bits per heavy atom. The second kappa shape index (κ2) is 3.80. The van der Waals surface area contributed by atoms with Gasteiger partial charge >= 0.3 is 0 Å². The average Bonchev–Trinajstić information content (AvgIpc) is 2.67. The lowest BCUT2D eigenvalue weighted by Gasteiger charge is -2.17. The van der Waals surface area contributed by atoms with Crippen LogP contribution in [0.5, 0.6) is 0 Å². The van der Waals surface area contributed by atoms with Gasteiger partial charge in [0.25, 0.3) is 0 Å². The van der Waals surface area contributed by atoms with Gasteiger partial charge in [0.05, 0.1) is 11.9 Å². The molecule has 2 rings (SSSR count). The maximum absolute atomic E-state index is 5.78. The molecule has 0 spiro atoms. The first kappa shape index (κ1) is 9.21. The molecule has 0 aliphatic carbocycles. The van der Waals surface area contributed by atoms with Crippen molar-refractivity contribution in [1.29, 1.82) is 0 Å². The van der Waals surface area contributed by atoms with Crippen molar-refractivity contribution in [2.75, 3.05) is 5.17 Å². The van der Waals surface area contributed by atoms with Crippen LogP contribution in [-0.2, 0) is 4.84 Å². The molecule has 1 aromatic carbocycles. The molecule has 1 aromatic rings. The molecule has 0 aromatic heterocycles. The highest BCUT2D eigenvalue weighted by molar-refractivity contribution is 6.30. The Morgan fingerprint density at radius 1 is 1.36 bits per heavy atom. The molecule has 0 fully saturated rings. The van der Waals surface area contributed by atoms with E-state index in [1.807, 2.05) is 37.4 Å². The lowest BCUT2D eigenvalue weighted by Crippen LogP contribution is -2.28. The first-order valence-electron chi connectivity index (χ1n) is 4.48. The van der Waals surface area contributed by atoms with Crippen molar-refractivity contribution in [3.63, 3.8) is 0 Å². The minimum atomic E-state index is 0.719. The molecular weight excluding hydrogens is 200 g/mol. The predicted molar refractivity (Wildman–Crippen MR) is 56.5 cm³/mol. The van der Waals surface area contributed by atoms with Gasteiger partial charge in [0.1, 0.15) is 0 Å². The van der Waals surface area contributed by atoms with Crippen molar-refractivity contribution in [3.8, 4) is 0 Å². The van der Waals surface area contributed by atoms with E-state index in [0.29, 0.717) is 0 Å². The molecular formula is C10H11ClN2O. The van der Waals surface area contributed by atoms with Crippen LogP contribution in [0.1, 0.15) is 13.3 Å². The molecule has 4 heteroatoms. The summed E-state index contributed by atoms with van der Waals surface area (Å²) >= 11 is 5.78. The zero-order valence-electron chi connectivity index (χ0n) is 7.83. The minimum absolute atomic E-state index is 0.719. The van der Waals surface area contributed by atoms with Crippen LogP contribution >= 0.6 is 11.6 Å². The quantitative estimate of drug-likeness (QED) is 0.813. The van der Waals surface area contributed by atoms with Gasteiger partial charge in [-0.15, -0.1) is 5.17 Å². The standard InChI is InChI=1S/C10H11ClN2O/c1-2-10-7-12-13(14-10)9-5-3-8(11)4-6-9/h3-7,12H,2H2,1H3. The Kier molecular flexibility index (Phi) is 2.50. The number of rotatable bonds is 2. The molecule has 0 radical (unpaired) electrons. The van der Waals surface area contributed by atoms with Gasteiger partial charge in [-0.25, -0.2) is 0 Å². The summed E-state index contributed by atoms with van der Waals surface area (Å²) in [4.78, 5) is 5.48. The molecule has 1 heterocycles. The second-order valence-electron chi connectivity index (χ2n) is 2.96. The van der Waals surface area contributed by atoms with Gasteiger partial charge in [0.15, 0.2) is 5.76 Å². The number of hydrogen-bond donors (Lipinski definition) is 1. The second-order valence-corrected chi connectivity index (χ2v) is 3.39. The van der Waals surface area contributed by atoms with Gasteiger partial charge in [-0.1, -0.05) is 18.5 Å². The zero-order valence-corrected chi connectivity index (χ0v) is 8.58. The van der Waals surface area contributed by atoms with E-state index in [-0.39, 0.29) is 0 Å². The molecule has 3 nitrogen and oxygen atoms in total. The SMILES string of the molecule is CCC1=CNN(c2ccc(Cl)cc2)O1. The minimum Gasteiger partial charge on any atom is -0.362 e. The monoisotopic (exact) mass is 210 g/mol. The van der Waals surface area contributed by atoms with Crippen LogP contribution in [0.15, 0.2) is 36.2 Å². The normalized spacial score (nSPS) is 14.7. The van der Waals surface area contributed by atoms with Crippen molar-refractivity contribution < 1.29 is 4.84 Å². The van der Waals surface area contributed by atoms with E-state index < -0.39 is 0 Å². The third kappa shape index (κ3) is 1.77. The summed E-state index contributed by atoms with van der Waals surface area (Å²) in [5, 5.41) is 2.33. The van der Waals surface area contributed by atoms with Gasteiger partial charge in [-0.2, -0.15) is 0 Å². The number of benzene rings is 1. The summed E-state index contributed by atoms with van der Waals surface area (Å²) in [6.07, 6.45) is 2.71. The number of hydrazine groups is 1. The molecule has 0 bridgehead atoms. The number of anilines is 1. The summed E-state index contributed by atoms with van der Waals surface area (Å²) in [7, 11) is 0. The summed E-state index contributed by atoms with van der Waals surface area (Å²) in [5.74, 6) is 0.917. The number of nitrogens with one attached hydrogen (secondary N) is 1. The van der Waals surface area contributed by atoms with Crippen molar-refractivity contribution in [2.45, 2.75) is 13.3 Å². The summed E-state index contributed by atoms with van der Waals surface area (Å²) in [6, 6.07) is 7.43. The van der Waals surface area contributed by atoms with Gasteiger partial charge in [-0.3, -0.25) is 5.43 Å². The van der Waals surface area contributed by atoms with E-state index in [0.717, 1.165) is 22.9 Å². The van der Waals surface area contributed by atoms with Crippen LogP contribution in [0.3, 0.4) is 0 Å². The molecule has 0 saturated heterocycles. The van der Waals surface area contributed by atoms with E-state index in [9.17, 15) is 0 Å². The van der Waals surface area contributed by atoms with E-state index in [2.05, 4.69) is 5.43 Å². The molecule has 74 valence electrons. The van der Waals surface area contributed by atoms with Crippen LogP contribution in [0, 0.1) is 0 Å².